The Morgan fingerprint density at radius 1 is 1.60 bits per heavy atom. The van der Waals surface area contributed by atoms with Crippen LogP contribution in [0.25, 0.3) is 0 Å². The zero-order valence-corrected chi connectivity index (χ0v) is 9.28. The third kappa shape index (κ3) is 2.45. The topological polar surface area (TPSA) is 66.8 Å². The summed E-state index contributed by atoms with van der Waals surface area (Å²) in [6, 6.07) is 2.18. The van der Waals surface area contributed by atoms with Crippen molar-refractivity contribution in [3.63, 3.8) is 0 Å². The lowest BCUT2D eigenvalue weighted by molar-refractivity contribution is -0.147. The Balaban J connectivity index is 3.21. The van der Waals surface area contributed by atoms with Gasteiger partial charge in [0, 0.05) is 11.6 Å². The molecule has 6 heteroatoms. The van der Waals surface area contributed by atoms with E-state index in [4.69, 9.17) is 14.9 Å². The molecule has 1 atom stereocenters. The van der Waals surface area contributed by atoms with Gasteiger partial charge in [-0.2, -0.15) is 0 Å². The minimum atomic E-state index is -1.88. The van der Waals surface area contributed by atoms with E-state index in [1.807, 2.05) is 0 Å². The fourth-order valence-electron chi connectivity index (χ4n) is 1.04. The Morgan fingerprint density at radius 3 is 2.67 bits per heavy atom. The zero-order valence-electron chi connectivity index (χ0n) is 7.70. The van der Waals surface area contributed by atoms with E-state index in [0.29, 0.717) is 4.47 Å². The summed E-state index contributed by atoms with van der Waals surface area (Å²) in [7, 11) is 1.35. The Morgan fingerprint density at radius 2 is 2.20 bits per heavy atom. The Labute approximate surface area is 93.4 Å². The number of carboxylic acid groups (broad SMARTS) is 1. The first-order valence-corrected chi connectivity index (χ1v) is 4.70. The van der Waals surface area contributed by atoms with Crippen molar-refractivity contribution in [3.05, 3.63) is 28.0 Å². The number of carbonyl (C=O) groups is 1. The summed E-state index contributed by atoms with van der Waals surface area (Å²) in [5.74, 6) is -2.11. The van der Waals surface area contributed by atoms with Gasteiger partial charge < -0.3 is 14.9 Å². The highest BCUT2D eigenvalue weighted by atomic mass is 79.9. The number of ether oxygens (including phenoxy) is 1. The SMILES string of the molecule is COc1cc(F)c(C(O)C(=O)O)cc1Br. The van der Waals surface area contributed by atoms with Crippen molar-refractivity contribution >= 4 is 21.9 Å². The molecule has 0 saturated carbocycles. The molecular weight excluding hydrogens is 271 g/mol. The molecular formula is C9H8BrFO4. The van der Waals surface area contributed by atoms with Crippen LogP contribution in [0.2, 0.25) is 0 Å². The van der Waals surface area contributed by atoms with Gasteiger partial charge >= 0.3 is 5.97 Å². The van der Waals surface area contributed by atoms with Crippen LogP contribution in [-0.2, 0) is 4.79 Å². The molecule has 0 saturated heterocycles. The molecule has 1 aromatic carbocycles. The lowest BCUT2D eigenvalue weighted by atomic mass is 10.1. The highest BCUT2D eigenvalue weighted by Crippen LogP contribution is 2.30. The summed E-state index contributed by atoms with van der Waals surface area (Å²) in [5.41, 5.74) is -0.310. The number of aliphatic hydroxyl groups is 1. The van der Waals surface area contributed by atoms with Gasteiger partial charge in [0.1, 0.15) is 11.6 Å². The molecule has 1 unspecified atom stereocenters. The molecule has 0 fully saturated rings. The summed E-state index contributed by atoms with van der Waals surface area (Å²) in [6.45, 7) is 0. The lowest BCUT2D eigenvalue weighted by Crippen LogP contribution is -2.12. The number of aliphatic hydroxyl groups excluding tert-OH is 1. The predicted molar refractivity (Wildman–Crippen MR) is 53.2 cm³/mol. The molecule has 0 heterocycles. The van der Waals surface area contributed by atoms with E-state index in [1.165, 1.54) is 13.2 Å². The minimum absolute atomic E-state index is 0.230. The van der Waals surface area contributed by atoms with Crippen LogP contribution < -0.4 is 4.74 Å². The highest BCUT2D eigenvalue weighted by molar-refractivity contribution is 9.10. The molecule has 0 aliphatic heterocycles. The van der Waals surface area contributed by atoms with Crippen LogP contribution in [0, 0.1) is 5.82 Å². The van der Waals surface area contributed by atoms with Crippen LogP contribution in [0.15, 0.2) is 16.6 Å². The number of carboxylic acids is 1. The number of benzene rings is 1. The van der Waals surface area contributed by atoms with Crippen molar-refractivity contribution in [2.45, 2.75) is 6.10 Å². The summed E-state index contributed by atoms with van der Waals surface area (Å²) in [5, 5.41) is 17.7. The average molecular weight is 279 g/mol. The van der Waals surface area contributed by atoms with Gasteiger partial charge in [-0.25, -0.2) is 9.18 Å². The minimum Gasteiger partial charge on any atom is -0.495 e. The Kier molecular flexibility index (Phi) is 3.65. The van der Waals surface area contributed by atoms with E-state index >= 15 is 0 Å². The normalized spacial score (nSPS) is 12.3. The van der Waals surface area contributed by atoms with E-state index in [2.05, 4.69) is 15.9 Å². The monoisotopic (exact) mass is 278 g/mol. The first-order valence-electron chi connectivity index (χ1n) is 3.91. The van der Waals surface area contributed by atoms with Crippen molar-refractivity contribution < 1.29 is 24.1 Å². The number of halogens is 2. The van der Waals surface area contributed by atoms with E-state index in [9.17, 15) is 9.18 Å². The molecule has 0 spiro atoms. The summed E-state index contributed by atoms with van der Waals surface area (Å²) in [6.07, 6.45) is -1.88. The van der Waals surface area contributed by atoms with Gasteiger partial charge in [0.05, 0.1) is 11.6 Å². The quantitative estimate of drug-likeness (QED) is 0.884. The fourth-order valence-corrected chi connectivity index (χ4v) is 1.57. The van der Waals surface area contributed by atoms with Crippen LogP contribution in [0.3, 0.4) is 0 Å². The molecule has 0 aromatic heterocycles. The molecule has 15 heavy (non-hydrogen) atoms. The van der Waals surface area contributed by atoms with Crippen LogP contribution in [0.1, 0.15) is 11.7 Å². The lowest BCUT2D eigenvalue weighted by Gasteiger charge is -2.10. The molecule has 0 aliphatic carbocycles. The second-order valence-electron chi connectivity index (χ2n) is 2.75. The van der Waals surface area contributed by atoms with Gasteiger partial charge in [-0.3, -0.25) is 0 Å². The molecule has 2 N–H and O–H groups in total. The first kappa shape index (κ1) is 11.9. The van der Waals surface area contributed by atoms with Gasteiger partial charge in [-0.1, -0.05) is 0 Å². The number of hydrogen-bond donors (Lipinski definition) is 2. The molecule has 1 aromatic rings. The number of rotatable bonds is 3. The van der Waals surface area contributed by atoms with Crippen LogP contribution in [-0.4, -0.2) is 23.3 Å². The van der Waals surface area contributed by atoms with E-state index < -0.39 is 17.9 Å². The second kappa shape index (κ2) is 4.59. The second-order valence-corrected chi connectivity index (χ2v) is 3.60. The van der Waals surface area contributed by atoms with Crippen LogP contribution in [0.4, 0.5) is 4.39 Å². The third-order valence-electron chi connectivity index (χ3n) is 1.80. The van der Waals surface area contributed by atoms with Crippen LogP contribution in [0.5, 0.6) is 5.75 Å². The maximum atomic E-state index is 13.3. The Hall–Kier alpha value is -1.14. The first-order chi connectivity index (χ1) is 6.97. The summed E-state index contributed by atoms with van der Waals surface area (Å²) in [4.78, 5) is 10.5. The number of hydrogen-bond acceptors (Lipinski definition) is 3. The molecule has 0 aliphatic rings. The van der Waals surface area contributed by atoms with E-state index in [-0.39, 0.29) is 11.3 Å². The smallest absolute Gasteiger partial charge is 0.337 e. The molecule has 0 amide bonds. The summed E-state index contributed by atoms with van der Waals surface area (Å²) < 4.78 is 18.5. The highest BCUT2D eigenvalue weighted by Gasteiger charge is 2.21. The van der Waals surface area contributed by atoms with Gasteiger partial charge in [-0.05, 0) is 22.0 Å². The summed E-state index contributed by atoms with van der Waals surface area (Å²) >= 11 is 3.06. The van der Waals surface area contributed by atoms with Gasteiger partial charge in [0.25, 0.3) is 0 Å². The average Bonchev–Trinajstić information content (AvgIpc) is 2.19. The molecule has 0 radical (unpaired) electrons. The molecule has 1 rings (SSSR count). The fraction of sp³-hybridized carbons (Fsp3) is 0.222. The third-order valence-corrected chi connectivity index (χ3v) is 2.42. The maximum Gasteiger partial charge on any atom is 0.337 e. The Bertz CT molecular complexity index is 394. The standard InChI is InChI=1S/C9H8BrFO4/c1-15-7-3-6(11)4(2-5(7)10)8(12)9(13)14/h2-3,8,12H,1H3,(H,13,14). The van der Waals surface area contributed by atoms with Crippen molar-refractivity contribution in [2.75, 3.05) is 7.11 Å². The van der Waals surface area contributed by atoms with Crippen molar-refractivity contribution in [1.29, 1.82) is 0 Å². The van der Waals surface area contributed by atoms with Crippen molar-refractivity contribution in [3.8, 4) is 5.75 Å². The van der Waals surface area contributed by atoms with E-state index in [1.54, 1.807) is 0 Å². The number of aliphatic carboxylic acids is 1. The maximum absolute atomic E-state index is 13.3. The molecule has 4 nitrogen and oxygen atoms in total. The van der Waals surface area contributed by atoms with Crippen LogP contribution >= 0.6 is 15.9 Å². The van der Waals surface area contributed by atoms with Crippen molar-refractivity contribution in [2.24, 2.45) is 0 Å². The molecule has 82 valence electrons. The van der Waals surface area contributed by atoms with E-state index in [0.717, 1.165) is 6.07 Å². The predicted octanol–water partition coefficient (Wildman–Crippen LogP) is 1.71. The van der Waals surface area contributed by atoms with Gasteiger partial charge in [0.2, 0.25) is 0 Å². The van der Waals surface area contributed by atoms with Crippen molar-refractivity contribution in [1.82, 2.24) is 0 Å². The largest absolute Gasteiger partial charge is 0.495 e. The van der Waals surface area contributed by atoms with Gasteiger partial charge in [0.15, 0.2) is 6.10 Å². The number of methoxy groups -OCH3 is 1. The van der Waals surface area contributed by atoms with Gasteiger partial charge in [-0.15, -0.1) is 0 Å². The zero-order chi connectivity index (χ0) is 11.6. The molecule has 0 bridgehead atoms.